The molecule has 1 aromatic carbocycles. The zero-order valence-electron chi connectivity index (χ0n) is 9.24. The molecular weight excluding hydrogens is 212 g/mol. The van der Waals surface area contributed by atoms with E-state index in [1.807, 2.05) is 47.0 Å². The Bertz CT molecular complexity index is 641. The molecule has 0 aliphatic carbocycles. The van der Waals surface area contributed by atoms with Gasteiger partial charge in [-0.1, -0.05) is 30.3 Å². The molecule has 3 rings (SSSR count). The Hall–Kier alpha value is -2.13. The summed E-state index contributed by atoms with van der Waals surface area (Å²) in [6.45, 7) is 0.0789. The van der Waals surface area contributed by atoms with E-state index in [0.29, 0.717) is 0 Å². The Labute approximate surface area is 99.0 Å². The van der Waals surface area contributed by atoms with Gasteiger partial charge in [-0.3, -0.25) is 4.40 Å². The lowest BCUT2D eigenvalue weighted by Gasteiger charge is -2.06. The number of aliphatic hydroxyl groups excluding tert-OH is 1. The molecule has 3 nitrogen and oxygen atoms in total. The van der Waals surface area contributed by atoms with Crippen molar-refractivity contribution in [3.05, 3.63) is 60.4 Å². The number of benzene rings is 1. The van der Waals surface area contributed by atoms with E-state index in [9.17, 15) is 0 Å². The maximum Gasteiger partial charge on any atom is 0.137 e. The largest absolute Gasteiger partial charge is 0.392 e. The summed E-state index contributed by atoms with van der Waals surface area (Å²) in [6, 6.07) is 13.9. The number of rotatable bonds is 2. The van der Waals surface area contributed by atoms with Crippen molar-refractivity contribution in [3.63, 3.8) is 0 Å². The molecule has 3 heteroatoms. The van der Waals surface area contributed by atoms with Crippen LogP contribution in [0.1, 0.15) is 5.56 Å². The SMILES string of the molecule is OCc1ccc(-c2cccc3nccn23)cc1. The van der Waals surface area contributed by atoms with Crippen LogP contribution in [-0.2, 0) is 6.61 Å². The Balaban J connectivity index is 2.16. The van der Waals surface area contributed by atoms with Crippen LogP contribution in [0.4, 0.5) is 0 Å². The number of pyridine rings is 1. The van der Waals surface area contributed by atoms with E-state index in [0.717, 1.165) is 22.5 Å². The molecule has 0 spiro atoms. The molecule has 0 saturated carbocycles. The van der Waals surface area contributed by atoms with Gasteiger partial charge in [0.05, 0.1) is 12.3 Å². The van der Waals surface area contributed by atoms with Crippen LogP contribution < -0.4 is 0 Å². The first-order chi connectivity index (χ1) is 8.38. The number of imidazole rings is 1. The molecule has 0 unspecified atom stereocenters. The van der Waals surface area contributed by atoms with Gasteiger partial charge in [0.15, 0.2) is 0 Å². The minimum atomic E-state index is 0.0789. The smallest absolute Gasteiger partial charge is 0.137 e. The Morgan fingerprint density at radius 2 is 1.88 bits per heavy atom. The summed E-state index contributed by atoms with van der Waals surface area (Å²) in [5.74, 6) is 0. The van der Waals surface area contributed by atoms with Crippen molar-refractivity contribution in [2.45, 2.75) is 6.61 Å². The number of aliphatic hydroxyl groups is 1. The predicted molar refractivity (Wildman–Crippen MR) is 66.6 cm³/mol. The highest BCUT2D eigenvalue weighted by molar-refractivity contribution is 5.63. The topological polar surface area (TPSA) is 37.5 Å². The minimum absolute atomic E-state index is 0.0789. The summed E-state index contributed by atoms with van der Waals surface area (Å²) in [5.41, 5.74) is 4.08. The zero-order valence-corrected chi connectivity index (χ0v) is 9.24. The molecule has 0 fully saturated rings. The molecule has 0 bridgehead atoms. The molecule has 0 saturated heterocycles. The van der Waals surface area contributed by atoms with Crippen molar-refractivity contribution in [2.24, 2.45) is 0 Å². The number of fused-ring (bicyclic) bond motifs is 1. The number of nitrogens with zero attached hydrogens (tertiary/aromatic N) is 2. The average Bonchev–Trinajstić information content (AvgIpc) is 2.87. The van der Waals surface area contributed by atoms with Crippen molar-refractivity contribution in [2.75, 3.05) is 0 Å². The molecule has 0 radical (unpaired) electrons. The van der Waals surface area contributed by atoms with E-state index >= 15 is 0 Å². The Morgan fingerprint density at radius 1 is 1.06 bits per heavy atom. The lowest BCUT2D eigenvalue weighted by Crippen LogP contribution is -1.90. The zero-order chi connectivity index (χ0) is 11.7. The summed E-state index contributed by atoms with van der Waals surface area (Å²) in [6.07, 6.45) is 3.74. The van der Waals surface area contributed by atoms with E-state index in [2.05, 4.69) is 11.1 Å². The van der Waals surface area contributed by atoms with Crippen LogP contribution in [0.5, 0.6) is 0 Å². The standard InChI is InChI=1S/C14H12N2O/c17-10-11-4-6-12(7-5-11)13-2-1-3-14-15-8-9-16(13)14/h1-9,17H,10H2. The second kappa shape index (κ2) is 4.03. The first kappa shape index (κ1) is 10.1. The van der Waals surface area contributed by atoms with Gasteiger partial charge in [-0.25, -0.2) is 4.98 Å². The monoisotopic (exact) mass is 224 g/mol. The van der Waals surface area contributed by atoms with Crippen molar-refractivity contribution in [1.29, 1.82) is 0 Å². The molecule has 0 atom stereocenters. The number of hydrogen-bond acceptors (Lipinski definition) is 2. The van der Waals surface area contributed by atoms with Gasteiger partial charge >= 0.3 is 0 Å². The second-order valence-electron chi connectivity index (χ2n) is 3.92. The van der Waals surface area contributed by atoms with Crippen LogP contribution in [-0.4, -0.2) is 14.5 Å². The third-order valence-corrected chi connectivity index (χ3v) is 2.86. The second-order valence-corrected chi connectivity index (χ2v) is 3.92. The van der Waals surface area contributed by atoms with Gasteiger partial charge in [-0.2, -0.15) is 0 Å². The fourth-order valence-electron chi connectivity index (χ4n) is 1.96. The maximum atomic E-state index is 9.02. The number of aromatic nitrogens is 2. The van der Waals surface area contributed by atoms with Crippen molar-refractivity contribution >= 4 is 5.65 Å². The van der Waals surface area contributed by atoms with Crippen LogP contribution in [0, 0.1) is 0 Å². The Kier molecular flexibility index (Phi) is 2.38. The van der Waals surface area contributed by atoms with Gasteiger partial charge in [-0.15, -0.1) is 0 Å². The summed E-state index contributed by atoms with van der Waals surface area (Å²) < 4.78 is 2.05. The fourth-order valence-corrected chi connectivity index (χ4v) is 1.96. The molecule has 2 aromatic heterocycles. The molecule has 84 valence electrons. The van der Waals surface area contributed by atoms with E-state index in [4.69, 9.17) is 5.11 Å². The van der Waals surface area contributed by atoms with E-state index < -0.39 is 0 Å². The highest BCUT2D eigenvalue weighted by Gasteiger charge is 2.03. The first-order valence-corrected chi connectivity index (χ1v) is 5.51. The van der Waals surface area contributed by atoms with Crippen molar-refractivity contribution in [3.8, 4) is 11.3 Å². The summed E-state index contributed by atoms with van der Waals surface area (Å²) in [7, 11) is 0. The minimum Gasteiger partial charge on any atom is -0.392 e. The molecule has 1 N–H and O–H groups in total. The molecule has 2 heterocycles. The predicted octanol–water partition coefficient (Wildman–Crippen LogP) is 2.49. The first-order valence-electron chi connectivity index (χ1n) is 5.51. The van der Waals surface area contributed by atoms with Crippen LogP contribution in [0.15, 0.2) is 54.9 Å². The van der Waals surface area contributed by atoms with Gasteiger partial charge in [0.2, 0.25) is 0 Å². The van der Waals surface area contributed by atoms with E-state index in [1.165, 1.54) is 0 Å². The molecule has 0 aliphatic rings. The lowest BCUT2D eigenvalue weighted by molar-refractivity contribution is 0.282. The summed E-state index contributed by atoms with van der Waals surface area (Å²) >= 11 is 0. The number of hydrogen-bond donors (Lipinski definition) is 1. The van der Waals surface area contributed by atoms with Crippen LogP contribution >= 0.6 is 0 Å². The summed E-state index contributed by atoms with van der Waals surface area (Å²) in [4.78, 5) is 4.26. The van der Waals surface area contributed by atoms with Crippen molar-refractivity contribution < 1.29 is 5.11 Å². The van der Waals surface area contributed by atoms with Crippen molar-refractivity contribution in [1.82, 2.24) is 9.38 Å². The van der Waals surface area contributed by atoms with E-state index in [1.54, 1.807) is 6.20 Å². The van der Waals surface area contributed by atoms with Crippen LogP contribution in [0.3, 0.4) is 0 Å². The molecule has 0 aliphatic heterocycles. The highest BCUT2D eigenvalue weighted by atomic mass is 16.3. The average molecular weight is 224 g/mol. The molecular formula is C14H12N2O. The molecule has 17 heavy (non-hydrogen) atoms. The normalized spacial score (nSPS) is 10.9. The lowest BCUT2D eigenvalue weighted by atomic mass is 10.1. The summed E-state index contributed by atoms with van der Waals surface area (Å²) in [5, 5.41) is 9.02. The van der Waals surface area contributed by atoms with Crippen LogP contribution in [0.25, 0.3) is 16.9 Å². The maximum absolute atomic E-state index is 9.02. The highest BCUT2D eigenvalue weighted by Crippen LogP contribution is 2.20. The van der Waals surface area contributed by atoms with Crippen LogP contribution in [0.2, 0.25) is 0 Å². The van der Waals surface area contributed by atoms with Gasteiger partial charge < -0.3 is 5.11 Å². The van der Waals surface area contributed by atoms with Gasteiger partial charge in [0.25, 0.3) is 0 Å². The fraction of sp³-hybridized carbons (Fsp3) is 0.0714. The molecule has 0 amide bonds. The quantitative estimate of drug-likeness (QED) is 0.726. The van der Waals surface area contributed by atoms with Gasteiger partial charge in [0.1, 0.15) is 5.65 Å². The third kappa shape index (κ3) is 1.70. The van der Waals surface area contributed by atoms with Gasteiger partial charge in [0, 0.05) is 12.4 Å². The van der Waals surface area contributed by atoms with E-state index in [-0.39, 0.29) is 6.61 Å². The van der Waals surface area contributed by atoms with Gasteiger partial charge in [-0.05, 0) is 23.3 Å². The molecule has 3 aromatic rings. The Morgan fingerprint density at radius 3 is 2.65 bits per heavy atom. The third-order valence-electron chi connectivity index (χ3n) is 2.86.